The van der Waals surface area contributed by atoms with E-state index in [1.807, 2.05) is 0 Å². The molecule has 1 aliphatic rings. The van der Waals surface area contributed by atoms with Gasteiger partial charge in [-0.1, -0.05) is 0 Å². The average Bonchev–Trinajstić information content (AvgIpc) is 2.63. The normalized spacial score (nSPS) is 16.1. The van der Waals surface area contributed by atoms with Gasteiger partial charge < -0.3 is 14.4 Å². The van der Waals surface area contributed by atoms with E-state index >= 15 is 0 Å². The number of hydrogen-bond acceptors (Lipinski definition) is 4. The molecule has 1 aromatic carbocycles. The second-order valence-electron chi connectivity index (χ2n) is 5.89. The van der Waals surface area contributed by atoms with Crippen molar-refractivity contribution in [2.24, 2.45) is 0 Å². The van der Waals surface area contributed by atoms with E-state index in [2.05, 4.69) is 4.98 Å². The molecule has 0 spiro atoms. The quantitative estimate of drug-likeness (QED) is 0.798. The fourth-order valence-electron chi connectivity index (χ4n) is 2.71. The first-order valence-corrected chi connectivity index (χ1v) is 8.42. The Morgan fingerprint density at radius 2 is 2.04 bits per heavy atom. The number of benzene rings is 1. The van der Waals surface area contributed by atoms with Gasteiger partial charge in [-0.15, -0.1) is 0 Å². The number of carbonyl (C=O) groups is 1. The summed E-state index contributed by atoms with van der Waals surface area (Å²) >= 11 is 0. The smallest absolute Gasteiger partial charge is 0.255 e. The van der Waals surface area contributed by atoms with Crippen molar-refractivity contribution >= 4 is 5.91 Å². The van der Waals surface area contributed by atoms with Crippen molar-refractivity contribution in [2.75, 3.05) is 26.4 Å². The molecule has 0 saturated heterocycles. The van der Waals surface area contributed by atoms with E-state index in [9.17, 15) is 9.18 Å². The zero-order valence-electron chi connectivity index (χ0n) is 14.0. The lowest BCUT2D eigenvalue weighted by Crippen LogP contribution is -2.34. The summed E-state index contributed by atoms with van der Waals surface area (Å²) in [5.74, 6) is 0.107. The highest BCUT2D eigenvalue weighted by Crippen LogP contribution is 2.23. The summed E-state index contributed by atoms with van der Waals surface area (Å²) in [5.41, 5.74) is 1.14. The third-order valence-electron chi connectivity index (χ3n) is 4.03. The lowest BCUT2D eigenvalue weighted by Gasteiger charge is -2.25. The number of ether oxygens (including phenoxy) is 2. The summed E-state index contributed by atoms with van der Waals surface area (Å²) < 4.78 is 25.1. The van der Waals surface area contributed by atoms with Crippen molar-refractivity contribution in [3.8, 4) is 5.75 Å². The van der Waals surface area contributed by atoms with E-state index in [1.165, 1.54) is 18.3 Å². The molecule has 0 fully saturated rings. The van der Waals surface area contributed by atoms with Crippen LogP contribution in [0.15, 0.2) is 42.7 Å². The lowest BCUT2D eigenvalue weighted by molar-refractivity contribution is 0.0607. The molecule has 25 heavy (non-hydrogen) atoms. The van der Waals surface area contributed by atoms with Crippen LogP contribution < -0.4 is 4.74 Å². The topological polar surface area (TPSA) is 51.7 Å². The Bertz CT molecular complexity index is 709. The molecule has 0 N–H and O–H groups in total. The van der Waals surface area contributed by atoms with E-state index in [1.54, 1.807) is 29.3 Å². The Labute approximate surface area is 146 Å². The number of amides is 1. The maximum Gasteiger partial charge on any atom is 0.255 e. The molecule has 3 rings (SSSR count). The Morgan fingerprint density at radius 3 is 2.88 bits per heavy atom. The molecule has 2 aromatic rings. The zero-order valence-corrected chi connectivity index (χ0v) is 14.0. The van der Waals surface area contributed by atoms with Crippen LogP contribution in [0.25, 0.3) is 0 Å². The van der Waals surface area contributed by atoms with E-state index < -0.39 is 0 Å². The van der Waals surface area contributed by atoms with Crippen LogP contribution in [0.3, 0.4) is 0 Å². The Kier molecular flexibility index (Phi) is 5.95. The molecular weight excluding hydrogens is 323 g/mol. The molecule has 0 saturated carbocycles. The van der Waals surface area contributed by atoms with Gasteiger partial charge in [0.1, 0.15) is 11.6 Å². The number of nitrogens with zero attached hydrogens (tertiary/aromatic N) is 2. The molecule has 1 aromatic heterocycles. The summed E-state index contributed by atoms with van der Waals surface area (Å²) in [6.07, 6.45) is 4.90. The van der Waals surface area contributed by atoms with Gasteiger partial charge in [-0.3, -0.25) is 9.78 Å². The largest absolute Gasteiger partial charge is 0.493 e. The number of pyridine rings is 1. The van der Waals surface area contributed by atoms with Crippen molar-refractivity contribution in [1.29, 1.82) is 0 Å². The van der Waals surface area contributed by atoms with Crippen LogP contribution in [-0.2, 0) is 11.3 Å². The Balaban J connectivity index is 1.87. The van der Waals surface area contributed by atoms with Gasteiger partial charge in [-0.2, -0.15) is 0 Å². The van der Waals surface area contributed by atoms with Crippen LogP contribution >= 0.6 is 0 Å². The first kappa shape index (κ1) is 17.4. The van der Waals surface area contributed by atoms with E-state index in [4.69, 9.17) is 9.47 Å². The van der Waals surface area contributed by atoms with Crippen LogP contribution in [0.1, 0.15) is 28.8 Å². The highest BCUT2D eigenvalue weighted by Gasteiger charge is 2.19. The molecule has 2 heterocycles. The fourth-order valence-corrected chi connectivity index (χ4v) is 2.71. The molecule has 1 aliphatic heterocycles. The number of fused-ring (bicyclic) bond motifs is 1. The third kappa shape index (κ3) is 4.76. The van der Waals surface area contributed by atoms with E-state index in [-0.39, 0.29) is 18.3 Å². The number of rotatable bonds is 1. The summed E-state index contributed by atoms with van der Waals surface area (Å²) in [5, 5.41) is 0. The second kappa shape index (κ2) is 8.58. The molecular formula is C19H21FN2O3. The Morgan fingerprint density at radius 1 is 1.16 bits per heavy atom. The maximum atomic E-state index is 13.7. The minimum absolute atomic E-state index is 0.163. The second-order valence-corrected chi connectivity index (χ2v) is 5.89. The number of aromatic nitrogens is 1. The number of hydrogen-bond donors (Lipinski definition) is 0. The monoisotopic (exact) mass is 344 g/mol. The highest BCUT2D eigenvalue weighted by molar-refractivity contribution is 5.93. The summed E-state index contributed by atoms with van der Waals surface area (Å²) in [4.78, 5) is 18.4. The molecule has 1 amide bonds. The summed E-state index contributed by atoms with van der Waals surface area (Å²) in [6, 6.07) is 7.86. The zero-order chi connectivity index (χ0) is 17.5. The van der Waals surface area contributed by atoms with Gasteiger partial charge in [0.15, 0.2) is 0 Å². The minimum atomic E-state index is -0.348. The van der Waals surface area contributed by atoms with Crippen LogP contribution in [0.2, 0.25) is 0 Å². The standard InChI is InChI=1S/C19H21FN2O3/c20-17-5-6-18-16(12-17)14-22(8-11-24-9-1-2-10-25-18)19(23)15-4-3-7-21-13-15/h3-7,12-13H,1-2,8-11,14H2. The van der Waals surface area contributed by atoms with Gasteiger partial charge in [-0.05, 0) is 43.2 Å². The third-order valence-corrected chi connectivity index (χ3v) is 4.03. The van der Waals surface area contributed by atoms with E-state index in [0.717, 1.165) is 12.8 Å². The first-order chi connectivity index (χ1) is 12.2. The van der Waals surface area contributed by atoms with Crippen molar-refractivity contribution in [3.05, 3.63) is 59.7 Å². The molecule has 5 nitrogen and oxygen atoms in total. The van der Waals surface area contributed by atoms with Crippen molar-refractivity contribution in [1.82, 2.24) is 9.88 Å². The van der Waals surface area contributed by atoms with Gasteiger partial charge in [0.25, 0.3) is 5.91 Å². The molecule has 0 radical (unpaired) electrons. The molecule has 0 bridgehead atoms. The van der Waals surface area contributed by atoms with Crippen LogP contribution in [0.4, 0.5) is 4.39 Å². The van der Waals surface area contributed by atoms with Gasteiger partial charge in [0, 0.05) is 37.7 Å². The minimum Gasteiger partial charge on any atom is -0.493 e. The summed E-state index contributed by atoms with van der Waals surface area (Å²) in [6.45, 7) is 2.29. The molecule has 0 unspecified atom stereocenters. The van der Waals surface area contributed by atoms with Gasteiger partial charge in [-0.25, -0.2) is 4.39 Å². The van der Waals surface area contributed by atoms with Crippen LogP contribution in [0.5, 0.6) is 5.75 Å². The van der Waals surface area contributed by atoms with Crippen LogP contribution in [0, 0.1) is 5.82 Å². The van der Waals surface area contributed by atoms with Crippen molar-refractivity contribution < 1.29 is 18.7 Å². The highest BCUT2D eigenvalue weighted by atomic mass is 19.1. The van der Waals surface area contributed by atoms with Crippen molar-refractivity contribution in [2.45, 2.75) is 19.4 Å². The number of halogens is 1. The van der Waals surface area contributed by atoms with Gasteiger partial charge >= 0.3 is 0 Å². The Hall–Kier alpha value is -2.47. The maximum absolute atomic E-state index is 13.7. The summed E-state index contributed by atoms with van der Waals surface area (Å²) in [7, 11) is 0. The average molecular weight is 344 g/mol. The van der Waals surface area contributed by atoms with Crippen LogP contribution in [-0.4, -0.2) is 42.2 Å². The van der Waals surface area contributed by atoms with Crippen molar-refractivity contribution in [3.63, 3.8) is 0 Å². The first-order valence-electron chi connectivity index (χ1n) is 8.42. The number of carbonyl (C=O) groups excluding carboxylic acids is 1. The SMILES string of the molecule is O=C(c1cccnc1)N1CCOCCCCOc2ccc(F)cc2C1. The molecule has 0 atom stereocenters. The van der Waals surface area contributed by atoms with Gasteiger partial charge in [0.2, 0.25) is 0 Å². The van der Waals surface area contributed by atoms with E-state index in [0.29, 0.717) is 43.2 Å². The fraction of sp³-hybridized carbons (Fsp3) is 0.368. The molecule has 132 valence electrons. The molecule has 0 aliphatic carbocycles. The molecule has 6 heteroatoms. The lowest BCUT2D eigenvalue weighted by atomic mass is 10.1. The predicted molar refractivity (Wildman–Crippen MR) is 90.9 cm³/mol. The van der Waals surface area contributed by atoms with Gasteiger partial charge in [0.05, 0.1) is 18.8 Å². The predicted octanol–water partition coefficient (Wildman–Crippen LogP) is 3.05.